The lowest BCUT2D eigenvalue weighted by atomic mass is 10.0. The van der Waals surface area contributed by atoms with Gasteiger partial charge in [-0.2, -0.15) is 0 Å². The largest absolute Gasteiger partial charge is 0.497 e. The molecule has 1 saturated heterocycles. The van der Waals surface area contributed by atoms with Crippen LogP contribution in [0.25, 0.3) is 0 Å². The first-order valence-corrected chi connectivity index (χ1v) is 9.00. The van der Waals surface area contributed by atoms with Gasteiger partial charge in [-0.15, -0.1) is 0 Å². The summed E-state index contributed by atoms with van der Waals surface area (Å²) in [6.45, 7) is 2.01. The predicted molar refractivity (Wildman–Crippen MR) is 100 cm³/mol. The molecule has 1 amide bonds. The van der Waals surface area contributed by atoms with E-state index in [1.165, 1.54) is 12.4 Å². The van der Waals surface area contributed by atoms with Crippen LogP contribution >= 0.6 is 0 Å². The normalized spacial score (nSPS) is 16.0. The Bertz CT molecular complexity index is 853. The number of rotatable bonds is 6. The number of esters is 1. The molecular formula is C20H23N3O5. The van der Waals surface area contributed by atoms with Crippen molar-refractivity contribution in [3.05, 3.63) is 47.5 Å². The number of carbonyl (C=O) groups excluding carboxylic acids is 2. The molecule has 2 heterocycles. The van der Waals surface area contributed by atoms with Crippen LogP contribution < -0.4 is 9.47 Å². The van der Waals surface area contributed by atoms with Gasteiger partial charge in [0.1, 0.15) is 11.5 Å². The number of hydrogen-bond acceptors (Lipinski definition) is 7. The monoisotopic (exact) mass is 385 g/mol. The number of nitrogens with zero attached hydrogens (tertiary/aromatic N) is 3. The molecular weight excluding hydrogens is 362 g/mol. The quantitative estimate of drug-likeness (QED) is 0.705. The SMILES string of the molecule is COc1ccc(OC)c([C@@H]2CCCN2C(=O)COC(=O)c2cnc(C)cn2)c1. The molecule has 1 fully saturated rings. The Kier molecular flexibility index (Phi) is 6.08. The Balaban J connectivity index is 1.69. The standard InChI is InChI=1S/C20H23N3O5/c1-13-10-22-16(11-21-13)20(25)28-12-19(24)23-8-4-5-17(23)15-9-14(26-2)6-7-18(15)27-3/h6-7,9-11,17H,4-5,8,12H2,1-3H3/t17-/m0/s1. The molecule has 1 aliphatic heterocycles. The average Bonchev–Trinajstić information content (AvgIpc) is 3.21. The van der Waals surface area contributed by atoms with Gasteiger partial charge < -0.3 is 19.1 Å². The fourth-order valence-corrected chi connectivity index (χ4v) is 3.27. The van der Waals surface area contributed by atoms with Crippen molar-refractivity contribution in [2.24, 2.45) is 0 Å². The number of amides is 1. The van der Waals surface area contributed by atoms with Crippen LogP contribution in [0.5, 0.6) is 11.5 Å². The van der Waals surface area contributed by atoms with Gasteiger partial charge in [-0.25, -0.2) is 9.78 Å². The maximum absolute atomic E-state index is 12.7. The highest BCUT2D eigenvalue weighted by Gasteiger charge is 2.32. The second kappa shape index (κ2) is 8.69. The number of carbonyl (C=O) groups is 2. The molecule has 148 valence electrons. The highest BCUT2D eigenvalue weighted by Crippen LogP contribution is 2.38. The van der Waals surface area contributed by atoms with Gasteiger partial charge in [0.2, 0.25) is 0 Å². The Morgan fingerprint density at radius 1 is 1.18 bits per heavy atom. The fraction of sp³-hybridized carbons (Fsp3) is 0.400. The van der Waals surface area contributed by atoms with E-state index in [1.54, 1.807) is 26.0 Å². The molecule has 8 heteroatoms. The molecule has 1 aromatic heterocycles. The molecule has 28 heavy (non-hydrogen) atoms. The molecule has 0 unspecified atom stereocenters. The molecule has 0 aliphatic carbocycles. The van der Waals surface area contributed by atoms with Crippen molar-refractivity contribution in [1.82, 2.24) is 14.9 Å². The lowest BCUT2D eigenvalue weighted by molar-refractivity contribution is -0.135. The van der Waals surface area contributed by atoms with Crippen molar-refractivity contribution in [3.8, 4) is 11.5 Å². The fourth-order valence-electron chi connectivity index (χ4n) is 3.27. The molecule has 2 aromatic rings. The highest BCUT2D eigenvalue weighted by atomic mass is 16.5. The van der Waals surface area contributed by atoms with E-state index in [0.29, 0.717) is 23.7 Å². The van der Waals surface area contributed by atoms with E-state index in [0.717, 1.165) is 18.4 Å². The maximum Gasteiger partial charge on any atom is 0.359 e. The van der Waals surface area contributed by atoms with Crippen molar-refractivity contribution in [3.63, 3.8) is 0 Å². The molecule has 0 saturated carbocycles. The van der Waals surface area contributed by atoms with Crippen LogP contribution in [-0.4, -0.2) is 54.1 Å². The summed E-state index contributed by atoms with van der Waals surface area (Å²) in [7, 11) is 3.19. The summed E-state index contributed by atoms with van der Waals surface area (Å²) in [5.74, 6) is 0.452. The van der Waals surface area contributed by atoms with Gasteiger partial charge >= 0.3 is 5.97 Å². The number of benzene rings is 1. The third-order valence-electron chi connectivity index (χ3n) is 4.69. The van der Waals surface area contributed by atoms with Gasteiger partial charge in [0, 0.05) is 18.3 Å². The Labute approximate surface area is 163 Å². The van der Waals surface area contributed by atoms with Gasteiger partial charge in [0.05, 0.1) is 32.2 Å². The van der Waals surface area contributed by atoms with E-state index < -0.39 is 5.97 Å². The van der Waals surface area contributed by atoms with E-state index in [-0.39, 0.29) is 24.2 Å². The first-order valence-electron chi connectivity index (χ1n) is 9.00. The highest BCUT2D eigenvalue weighted by molar-refractivity contribution is 5.89. The van der Waals surface area contributed by atoms with E-state index in [9.17, 15) is 9.59 Å². The Morgan fingerprint density at radius 2 is 2.00 bits per heavy atom. The molecule has 0 N–H and O–H groups in total. The molecule has 1 aromatic carbocycles. The van der Waals surface area contributed by atoms with Crippen molar-refractivity contribution < 1.29 is 23.8 Å². The summed E-state index contributed by atoms with van der Waals surface area (Å²) in [6, 6.07) is 5.36. The van der Waals surface area contributed by atoms with Gasteiger partial charge in [0.25, 0.3) is 5.91 Å². The number of methoxy groups -OCH3 is 2. The zero-order chi connectivity index (χ0) is 20.1. The number of aryl methyl sites for hydroxylation is 1. The van der Waals surface area contributed by atoms with E-state index in [4.69, 9.17) is 14.2 Å². The zero-order valence-corrected chi connectivity index (χ0v) is 16.2. The number of likely N-dealkylation sites (tertiary alicyclic amines) is 1. The second-order valence-electron chi connectivity index (χ2n) is 6.47. The van der Waals surface area contributed by atoms with Crippen molar-refractivity contribution in [2.75, 3.05) is 27.4 Å². The Hall–Kier alpha value is -3.16. The van der Waals surface area contributed by atoms with Gasteiger partial charge in [-0.3, -0.25) is 9.78 Å². The van der Waals surface area contributed by atoms with Crippen molar-refractivity contribution in [1.29, 1.82) is 0 Å². The summed E-state index contributed by atoms with van der Waals surface area (Å²) in [5.41, 5.74) is 1.65. The van der Waals surface area contributed by atoms with Crippen LogP contribution in [0.15, 0.2) is 30.6 Å². The van der Waals surface area contributed by atoms with Crippen LogP contribution in [0.1, 0.15) is 40.6 Å². The molecule has 1 aliphatic rings. The lowest BCUT2D eigenvalue weighted by Crippen LogP contribution is -2.34. The first kappa shape index (κ1) is 19.6. The van der Waals surface area contributed by atoms with E-state index in [1.807, 2.05) is 18.2 Å². The second-order valence-corrected chi connectivity index (χ2v) is 6.47. The summed E-state index contributed by atoms with van der Waals surface area (Å²) in [4.78, 5) is 34.5. The minimum atomic E-state index is -0.671. The molecule has 0 radical (unpaired) electrons. The lowest BCUT2D eigenvalue weighted by Gasteiger charge is -2.26. The van der Waals surface area contributed by atoms with Crippen LogP contribution in [0.4, 0.5) is 0 Å². The van der Waals surface area contributed by atoms with Gasteiger partial charge in [0.15, 0.2) is 12.3 Å². The summed E-state index contributed by atoms with van der Waals surface area (Å²) < 4.78 is 15.9. The van der Waals surface area contributed by atoms with Gasteiger partial charge in [-0.05, 0) is 38.0 Å². The maximum atomic E-state index is 12.7. The molecule has 0 spiro atoms. The van der Waals surface area contributed by atoms with Gasteiger partial charge in [-0.1, -0.05) is 0 Å². The van der Waals surface area contributed by atoms with E-state index >= 15 is 0 Å². The number of ether oxygens (including phenoxy) is 3. The van der Waals surface area contributed by atoms with Crippen molar-refractivity contribution in [2.45, 2.75) is 25.8 Å². The molecule has 3 rings (SSSR count). The third-order valence-corrected chi connectivity index (χ3v) is 4.69. The summed E-state index contributed by atoms with van der Waals surface area (Å²) >= 11 is 0. The van der Waals surface area contributed by atoms with Crippen LogP contribution in [-0.2, 0) is 9.53 Å². The van der Waals surface area contributed by atoms with Crippen LogP contribution in [0.3, 0.4) is 0 Å². The smallest absolute Gasteiger partial charge is 0.359 e. The number of aromatic nitrogens is 2. The number of hydrogen-bond donors (Lipinski definition) is 0. The average molecular weight is 385 g/mol. The van der Waals surface area contributed by atoms with Crippen LogP contribution in [0.2, 0.25) is 0 Å². The van der Waals surface area contributed by atoms with Crippen LogP contribution in [0, 0.1) is 6.92 Å². The topological polar surface area (TPSA) is 90.8 Å². The summed E-state index contributed by atoms with van der Waals surface area (Å²) in [5, 5.41) is 0. The first-order chi connectivity index (χ1) is 13.5. The summed E-state index contributed by atoms with van der Waals surface area (Å²) in [6.07, 6.45) is 4.46. The predicted octanol–water partition coefficient (Wildman–Crippen LogP) is 2.32. The Morgan fingerprint density at radius 3 is 2.68 bits per heavy atom. The third kappa shape index (κ3) is 4.21. The van der Waals surface area contributed by atoms with E-state index in [2.05, 4.69) is 9.97 Å². The zero-order valence-electron chi connectivity index (χ0n) is 16.2. The minimum absolute atomic E-state index is 0.0748. The minimum Gasteiger partial charge on any atom is -0.497 e. The van der Waals surface area contributed by atoms with Crippen molar-refractivity contribution >= 4 is 11.9 Å². The molecule has 1 atom stereocenters. The molecule has 0 bridgehead atoms. The molecule has 8 nitrogen and oxygen atoms in total.